The molecule has 96 valence electrons. The van der Waals surface area contributed by atoms with E-state index in [0.29, 0.717) is 28.0 Å². The van der Waals surface area contributed by atoms with Gasteiger partial charge in [0.2, 0.25) is 0 Å². The Bertz CT molecular complexity index is 498. The number of halogens is 1. The molecule has 3 heteroatoms. The van der Waals surface area contributed by atoms with Gasteiger partial charge in [0.05, 0.1) is 11.6 Å². The summed E-state index contributed by atoms with van der Waals surface area (Å²) in [4.78, 5) is 0. The molecule has 2 nitrogen and oxygen atoms in total. The van der Waals surface area contributed by atoms with Crippen molar-refractivity contribution in [3.63, 3.8) is 0 Å². The molecule has 0 amide bonds. The van der Waals surface area contributed by atoms with Crippen LogP contribution in [0.15, 0.2) is 18.2 Å². The van der Waals surface area contributed by atoms with Crippen LogP contribution in [0.4, 0.5) is 10.1 Å². The molecule has 0 aliphatic heterocycles. The van der Waals surface area contributed by atoms with Gasteiger partial charge in [-0.25, -0.2) is 4.39 Å². The predicted molar refractivity (Wildman–Crippen MR) is 70.7 cm³/mol. The number of rotatable bonds is 3. The van der Waals surface area contributed by atoms with Crippen LogP contribution in [0, 0.1) is 33.9 Å². The number of hydrogen-bond acceptors (Lipinski definition) is 2. The fraction of sp³-hybridized carbons (Fsp3) is 0.533. The van der Waals surface area contributed by atoms with Crippen molar-refractivity contribution in [1.82, 2.24) is 0 Å². The summed E-state index contributed by atoms with van der Waals surface area (Å²) in [5.74, 6) is 0.199. The van der Waals surface area contributed by atoms with Gasteiger partial charge in [-0.3, -0.25) is 0 Å². The van der Waals surface area contributed by atoms with Crippen molar-refractivity contribution in [3.8, 4) is 6.07 Å². The Balaban J connectivity index is 2.05. The zero-order valence-electron chi connectivity index (χ0n) is 11.3. The summed E-state index contributed by atoms with van der Waals surface area (Å²) >= 11 is 0. The van der Waals surface area contributed by atoms with Crippen molar-refractivity contribution in [3.05, 3.63) is 29.6 Å². The summed E-state index contributed by atoms with van der Waals surface area (Å²) < 4.78 is 13.3. The Morgan fingerprint density at radius 1 is 1.22 bits per heavy atom. The minimum Gasteiger partial charge on any atom is -0.385 e. The van der Waals surface area contributed by atoms with Crippen LogP contribution in [0.2, 0.25) is 0 Å². The van der Waals surface area contributed by atoms with E-state index >= 15 is 0 Å². The van der Waals surface area contributed by atoms with Gasteiger partial charge in [-0.05, 0) is 34.9 Å². The van der Waals surface area contributed by atoms with E-state index in [2.05, 4.69) is 33.0 Å². The van der Waals surface area contributed by atoms with Crippen LogP contribution in [0.3, 0.4) is 0 Å². The van der Waals surface area contributed by atoms with E-state index in [4.69, 9.17) is 5.26 Å². The molecule has 0 saturated heterocycles. The first-order valence-corrected chi connectivity index (χ1v) is 6.23. The Kier molecular flexibility index (Phi) is 2.85. The Labute approximate surface area is 108 Å². The topological polar surface area (TPSA) is 35.8 Å². The number of anilines is 1. The van der Waals surface area contributed by atoms with Gasteiger partial charge >= 0.3 is 0 Å². The summed E-state index contributed by atoms with van der Waals surface area (Å²) in [6.07, 6.45) is 0. The van der Waals surface area contributed by atoms with Crippen molar-refractivity contribution in [2.24, 2.45) is 16.7 Å². The molecule has 1 aliphatic rings. The van der Waals surface area contributed by atoms with Crippen molar-refractivity contribution >= 4 is 5.69 Å². The van der Waals surface area contributed by atoms with Gasteiger partial charge in [-0.2, -0.15) is 5.26 Å². The summed E-state index contributed by atoms with van der Waals surface area (Å²) in [7, 11) is 0. The van der Waals surface area contributed by atoms with Gasteiger partial charge in [-0.15, -0.1) is 0 Å². The number of benzene rings is 1. The van der Waals surface area contributed by atoms with E-state index in [1.54, 1.807) is 6.07 Å². The average Bonchev–Trinajstić information content (AvgIpc) is 2.66. The second-order valence-electron chi connectivity index (χ2n) is 6.22. The van der Waals surface area contributed by atoms with E-state index in [0.717, 1.165) is 6.54 Å². The maximum absolute atomic E-state index is 13.3. The first-order valence-electron chi connectivity index (χ1n) is 6.23. The first-order chi connectivity index (χ1) is 8.29. The second kappa shape index (κ2) is 3.98. The minimum absolute atomic E-state index is 0.311. The van der Waals surface area contributed by atoms with Crippen LogP contribution in [0.5, 0.6) is 0 Å². The van der Waals surface area contributed by atoms with Crippen LogP contribution in [-0.2, 0) is 0 Å². The highest BCUT2D eigenvalue weighted by atomic mass is 19.1. The van der Waals surface area contributed by atoms with Gasteiger partial charge in [0.15, 0.2) is 0 Å². The molecule has 0 bridgehead atoms. The van der Waals surface area contributed by atoms with Gasteiger partial charge in [0.1, 0.15) is 5.82 Å². The van der Waals surface area contributed by atoms with Crippen LogP contribution < -0.4 is 5.32 Å². The number of nitriles is 1. The summed E-state index contributed by atoms with van der Waals surface area (Å²) in [6, 6.07) is 6.33. The van der Waals surface area contributed by atoms with E-state index in [1.165, 1.54) is 12.1 Å². The van der Waals surface area contributed by atoms with E-state index in [1.807, 2.05) is 6.07 Å². The van der Waals surface area contributed by atoms with Crippen molar-refractivity contribution in [2.75, 3.05) is 11.9 Å². The zero-order chi connectivity index (χ0) is 13.6. The van der Waals surface area contributed by atoms with Crippen LogP contribution in [-0.4, -0.2) is 6.54 Å². The normalized spacial score (nSPS) is 20.2. The average molecular weight is 246 g/mol. The molecule has 0 heterocycles. The third kappa shape index (κ3) is 1.96. The van der Waals surface area contributed by atoms with Gasteiger partial charge in [0.25, 0.3) is 0 Å². The SMILES string of the molecule is CC1(C)C(CNc2cc(F)cc(C#N)c2)C1(C)C. The molecule has 0 spiro atoms. The lowest BCUT2D eigenvalue weighted by Crippen LogP contribution is -2.08. The highest BCUT2D eigenvalue weighted by Crippen LogP contribution is 2.68. The van der Waals surface area contributed by atoms with E-state index in [-0.39, 0.29) is 5.82 Å². The molecule has 1 fully saturated rings. The quantitative estimate of drug-likeness (QED) is 0.880. The van der Waals surface area contributed by atoms with E-state index < -0.39 is 0 Å². The predicted octanol–water partition coefficient (Wildman–Crippen LogP) is 3.79. The van der Waals surface area contributed by atoms with Gasteiger partial charge in [0, 0.05) is 12.2 Å². The highest BCUT2D eigenvalue weighted by molar-refractivity contribution is 5.50. The number of nitrogens with one attached hydrogen (secondary N) is 1. The monoisotopic (exact) mass is 246 g/mol. The Morgan fingerprint density at radius 2 is 1.83 bits per heavy atom. The Hall–Kier alpha value is -1.56. The number of hydrogen-bond donors (Lipinski definition) is 1. The molecule has 0 unspecified atom stereocenters. The molecule has 0 aromatic heterocycles. The zero-order valence-corrected chi connectivity index (χ0v) is 11.3. The van der Waals surface area contributed by atoms with E-state index in [9.17, 15) is 4.39 Å². The smallest absolute Gasteiger partial charge is 0.126 e. The summed E-state index contributed by atoms with van der Waals surface area (Å²) in [5.41, 5.74) is 1.66. The molecular weight excluding hydrogens is 227 g/mol. The lowest BCUT2D eigenvalue weighted by molar-refractivity contribution is 0.457. The second-order valence-corrected chi connectivity index (χ2v) is 6.22. The maximum Gasteiger partial charge on any atom is 0.126 e. The van der Waals surface area contributed by atoms with Crippen LogP contribution in [0.25, 0.3) is 0 Å². The molecular formula is C15H19FN2. The standard InChI is InChI=1S/C15H19FN2/c1-14(2)13(15(14,3)4)9-18-12-6-10(8-17)5-11(16)7-12/h5-7,13,18H,9H2,1-4H3. The fourth-order valence-corrected chi connectivity index (χ4v) is 2.82. The van der Waals surface area contributed by atoms with Crippen molar-refractivity contribution in [2.45, 2.75) is 27.7 Å². The summed E-state index contributed by atoms with van der Waals surface area (Å²) in [6.45, 7) is 9.84. The summed E-state index contributed by atoms with van der Waals surface area (Å²) in [5, 5.41) is 12.0. The minimum atomic E-state index is -0.370. The molecule has 1 aromatic rings. The highest BCUT2D eigenvalue weighted by Gasteiger charge is 2.63. The lowest BCUT2D eigenvalue weighted by atomic mass is 10.0. The first kappa shape index (κ1) is 12.9. The molecule has 1 N–H and O–H groups in total. The maximum atomic E-state index is 13.3. The lowest BCUT2D eigenvalue weighted by Gasteiger charge is -2.08. The van der Waals surface area contributed by atoms with Gasteiger partial charge in [-0.1, -0.05) is 27.7 Å². The van der Waals surface area contributed by atoms with Gasteiger partial charge < -0.3 is 5.32 Å². The molecule has 1 aliphatic carbocycles. The Morgan fingerprint density at radius 3 is 2.33 bits per heavy atom. The molecule has 0 radical (unpaired) electrons. The van der Waals surface area contributed by atoms with Crippen LogP contribution in [0.1, 0.15) is 33.3 Å². The van der Waals surface area contributed by atoms with Crippen molar-refractivity contribution in [1.29, 1.82) is 5.26 Å². The molecule has 2 rings (SSSR count). The fourth-order valence-electron chi connectivity index (χ4n) is 2.82. The van der Waals surface area contributed by atoms with Crippen LogP contribution >= 0.6 is 0 Å². The number of nitrogens with zero attached hydrogens (tertiary/aromatic N) is 1. The third-order valence-corrected chi connectivity index (χ3v) is 4.86. The molecule has 1 saturated carbocycles. The molecule has 1 aromatic carbocycles. The van der Waals surface area contributed by atoms with Crippen molar-refractivity contribution < 1.29 is 4.39 Å². The largest absolute Gasteiger partial charge is 0.385 e. The molecule has 18 heavy (non-hydrogen) atoms. The third-order valence-electron chi connectivity index (χ3n) is 4.86. The molecule has 0 atom stereocenters.